The Morgan fingerprint density at radius 1 is 1.18 bits per heavy atom. The average Bonchev–Trinajstić information content (AvgIpc) is 2.73. The molecule has 0 aromatic heterocycles. The molecule has 1 saturated heterocycles. The Morgan fingerprint density at radius 2 is 1.86 bits per heavy atom. The molecule has 122 valence electrons. The number of hydrogen-bond donors (Lipinski definition) is 1. The molecule has 0 radical (unpaired) electrons. The highest BCUT2D eigenvalue weighted by Gasteiger charge is 2.42. The molecular formula is C19H30N2O. The Labute approximate surface area is 134 Å². The molecule has 0 amide bonds. The minimum atomic E-state index is -0.214. The van der Waals surface area contributed by atoms with Gasteiger partial charge in [-0.25, -0.2) is 0 Å². The van der Waals surface area contributed by atoms with Crippen molar-refractivity contribution in [3.05, 3.63) is 29.3 Å². The predicted molar refractivity (Wildman–Crippen MR) is 91.2 cm³/mol. The molecule has 3 nitrogen and oxygen atoms in total. The fourth-order valence-electron chi connectivity index (χ4n) is 3.96. The zero-order valence-corrected chi connectivity index (χ0v) is 14.3. The third-order valence-corrected chi connectivity index (χ3v) is 5.38. The molecule has 0 aliphatic carbocycles. The van der Waals surface area contributed by atoms with E-state index < -0.39 is 0 Å². The maximum Gasteiger partial charge on any atom is 0.124 e. The second kappa shape index (κ2) is 6.21. The van der Waals surface area contributed by atoms with Crippen molar-refractivity contribution in [1.29, 1.82) is 0 Å². The lowest BCUT2D eigenvalue weighted by atomic mass is 9.78. The van der Waals surface area contributed by atoms with Gasteiger partial charge in [-0.05, 0) is 52.8 Å². The Morgan fingerprint density at radius 3 is 2.55 bits per heavy atom. The zero-order valence-electron chi connectivity index (χ0n) is 14.3. The van der Waals surface area contributed by atoms with Gasteiger partial charge in [0.2, 0.25) is 0 Å². The standard InChI is InChI=1S/C19H30N2O/c1-14-8-9-17-15(12-14)18(20)16(19(2,3)22-17)13-21-10-6-4-5-7-11-21/h8-9,12,16,18H,4-7,10-11,13,20H2,1-3H3. The summed E-state index contributed by atoms with van der Waals surface area (Å²) in [5.41, 5.74) is 8.91. The maximum atomic E-state index is 6.68. The Kier molecular flexibility index (Phi) is 4.47. The number of nitrogens with two attached hydrogens (primary N) is 1. The van der Waals surface area contributed by atoms with Crippen molar-refractivity contribution >= 4 is 0 Å². The van der Waals surface area contributed by atoms with Crippen molar-refractivity contribution < 1.29 is 4.74 Å². The lowest BCUT2D eigenvalue weighted by Gasteiger charge is -2.45. The summed E-state index contributed by atoms with van der Waals surface area (Å²) in [6, 6.07) is 6.44. The Balaban J connectivity index is 1.83. The molecule has 2 aliphatic rings. The molecule has 3 heteroatoms. The molecular weight excluding hydrogens is 272 g/mol. The van der Waals surface area contributed by atoms with Gasteiger partial charge in [-0.2, -0.15) is 0 Å². The lowest BCUT2D eigenvalue weighted by Crippen LogP contribution is -2.52. The minimum absolute atomic E-state index is 0.0573. The second-order valence-electron chi connectivity index (χ2n) is 7.59. The number of benzene rings is 1. The average molecular weight is 302 g/mol. The normalized spacial score (nSPS) is 28.5. The van der Waals surface area contributed by atoms with Crippen LogP contribution in [0.25, 0.3) is 0 Å². The number of hydrogen-bond acceptors (Lipinski definition) is 3. The van der Waals surface area contributed by atoms with E-state index >= 15 is 0 Å². The van der Waals surface area contributed by atoms with Gasteiger partial charge in [0.1, 0.15) is 11.4 Å². The minimum Gasteiger partial charge on any atom is -0.487 e. The third-order valence-electron chi connectivity index (χ3n) is 5.38. The van der Waals surface area contributed by atoms with Gasteiger partial charge < -0.3 is 15.4 Å². The van der Waals surface area contributed by atoms with Gasteiger partial charge in [0.15, 0.2) is 0 Å². The Hall–Kier alpha value is -1.06. The van der Waals surface area contributed by atoms with Crippen molar-refractivity contribution in [3.8, 4) is 5.75 Å². The van der Waals surface area contributed by atoms with E-state index in [4.69, 9.17) is 10.5 Å². The van der Waals surface area contributed by atoms with Crippen LogP contribution in [0.3, 0.4) is 0 Å². The maximum absolute atomic E-state index is 6.68. The van der Waals surface area contributed by atoms with E-state index in [2.05, 4.69) is 43.9 Å². The van der Waals surface area contributed by atoms with Crippen molar-refractivity contribution in [2.45, 2.75) is 58.1 Å². The summed E-state index contributed by atoms with van der Waals surface area (Å²) in [6.45, 7) is 9.97. The van der Waals surface area contributed by atoms with Crippen LogP contribution in [-0.2, 0) is 0 Å². The van der Waals surface area contributed by atoms with Gasteiger partial charge in [0, 0.05) is 24.1 Å². The van der Waals surface area contributed by atoms with Crippen LogP contribution >= 0.6 is 0 Å². The van der Waals surface area contributed by atoms with Gasteiger partial charge in [-0.3, -0.25) is 0 Å². The number of aryl methyl sites for hydroxylation is 1. The first-order valence-corrected chi connectivity index (χ1v) is 8.75. The Bertz CT molecular complexity index is 518. The third kappa shape index (κ3) is 3.16. The highest BCUT2D eigenvalue weighted by atomic mass is 16.5. The summed E-state index contributed by atoms with van der Waals surface area (Å²) in [4.78, 5) is 2.60. The largest absolute Gasteiger partial charge is 0.487 e. The molecule has 3 rings (SSSR count). The smallest absolute Gasteiger partial charge is 0.124 e. The van der Waals surface area contributed by atoms with E-state index in [1.54, 1.807) is 0 Å². The van der Waals surface area contributed by atoms with Gasteiger partial charge >= 0.3 is 0 Å². The molecule has 1 fully saturated rings. The summed E-state index contributed by atoms with van der Waals surface area (Å²) in [6.07, 6.45) is 5.38. The van der Waals surface area contributed by atoms with E-state index in [0.717, 1.165) is 12.3 Å². The van der Waals surface area contributed by atoms with Crippen LogP contribution in [0, 0.1) is 12.8 Å². The van der Waals surface area contributed by atoms with Crippen molar-refractivity contribution in [1.82, 2.24) is 4.90 Å². The van der Waals surface area contributed by atoms with E-state index in [9.17, 15) is 0 Å². The molecule has 2 aliphatic heterocycles. The summed E-state index contributed by atoms with van der Waals surface area (Å²) < 4.78 is 6.32. The van der Waals surface area contributed by atoms with Crippen LogP contribution in [0.4, 0.5) is 0 Å². The number of rotatable bonds is 2. The molecule has 22 heavy (non-hydrogen) atoms. The van der Waals surface area contributed by atoms with Gasteiger partial charge in [0.25, 0.3) is 0 Å². The quantitative estimate of drug-likeness (QED) is 0.906. The molecule has 0 bridgehead atoms. The lowest BCUT2D eigenvalue weighted by molar-refractivity contribution is -0.00626. The van der Waals surface area contributed by atoms with E-state index in [0.29, 0.717) is 5.92 Å². The first kappa shape index (κ1) is 15.8. The van der Waals surface area contributed by atoms with Crippen LogP contribution in [0.15, 0.2) is 18.2 Å². The van der Waals surface area contributed by atoms with Gasteiger partial charge in [0.05, 0.1) is 0 Å². The molecule has 0 spiro atoms. The van der Waals surface area contributed by atoms with Crippen molar-refractivity contribution in [2.24, 2.45) is 11.7 Å². The molecule has 1 aromatic rings. The number of likely N-dealkylation sites (tertiary alicyclic amines) is 1. The zero-order chi connectivity index (χ0) is 15.7. The highest BCUT2D eigenvalue weighted by Crippen LogP contribution is 2.43. The van der Waals surface area contributed by atoms with Crippen LogP contribution in [-0.4, -0.2) is 30.1 Å². The summed E-state index contributed by atoms with van der Waals surface area (Å²) in [7, 11) is 0. The molecule has 2 unspecified atom stereocenters. The number of ether oxygens (including phenoxy) is 1. The topological polar surface area (TPSA) is 38.5 Å². The first-order chi connectivity index (χ1) is 10.5. The van der Waals surface area contributed by atoms with Crippen molar-refractivity contribution in [3.63, 3.8) is 0 Å². The summed E-state index contributed by atoms with van der Waals surface area (Å²) in [5, 5.41) is 0. The molecule has 2 heterocycles. The van der Waals surface area contributed by atoms with E-state index in [1.165, 1.54) is 49.9 Å². The van der Waals surface area contributed by atoms with E-state index in [-0.39, 0.29) is 11.6 Å². The van der Waals surface area contributed by atoms with Gasteiger partial charge in [-0.1, -0.05) is 30.5 Å². The molecule has 2 atom stereocenters. The van der Waals surface area contributed by atoms with Crippen LogP contribution in [0.1, 0.15) is 56.7 Å². The van der Waals surface area contributed by atoms with E-state index in [1.807, 2.05) is 0 Å². The SMILES string of the molecule is Cc1ccc2c(c1)C(N)C(CN1CCCCCC1)C(C)(C)O2. The first-order valence-electron chi connectivity index (χ1n) is 8.75. The molecule has 1 aromatic carbocycles. The van der Waals surface area contributed by atoms with Crippen LogP contribution < -0.4 is 10.5 Å². The summed E-state index contributed by atoms with van der Waals surface area (Å²) >= 11 is 0. The molecule has 0 saturated carbocycles. The highest BCUT2D eigenvalue weighted by molar-refractivity contribution is 5.42. The van der Waals surface area contributed by atoms with Gasteiger partial charge in [-0.15, -0.1) is 0 Å². The number of fused-ring (bicyclic) bond motifs is 1. The van der Waals surface area contributed by atoms with Crippen molar-refractivity contribution in [2.75, 3.05) is 19.6 Å². The van der Waals surface area contributed by atoms with Crippen LogP contribution in [0.2, 0.25) is 0 Å². The summed E-state index contributed by atoms with van der Waals surface area (Å²) in [5.74, 6) is 1.30. The fourth-order valence-corrected chi connectivity index (χ4v) is 3.96. The second-order valence-corrected chi connectivity index (χ2v) is 7.59. The van der Waals surface area contributed by atoms with Crippen LogP contribution in [0.5, 0.6) is 5.75 Å². The number of nitrogens with zero attached hydrogens (tertiary/aromatic N) is 1. The monoisotopic (exact) mass is 302 g/mol. The fraction of sp³-hybridized carbons (Fsp3) is 0.684. The predicted octanol–water partition coefficient (Wildman–Crippen LogP) is 3.66. The molecule has 2 N–H and O–H groups in total.